The van der Waals surface area contributed by atoms with Crippen LogP contribution in [0.15, 0.2) is 54.1 Å². The Labute approximate surface area is 219 Å². The Morgan fingerprint density at radius 3 is 2.56 bits per heavy atom. The summed E-state index contributed by atoms with van der Waals surface area (Å²) >= 11 is 3.89. The predicted molar refractivity (Wildman–Crippen MR) is 137 cm³/mol. The highest BCUT2D eigenvalue weighted by Gasteiger charge is 2.73. The molecule has 1 aromatic carbocycles. The molecule has 0 saturated heterocycles. The van der Waals surface area contributed by atoms with E-state index in [9.17, 15) is 24.6 Å². The van der Waals surface area contributed by atoms with Crippen LogP contribution in [0.5, 0.6) is 0 Å². The average Bonchev–Trinajstić information content (AvgIpc) is 3.06. The molecule has 0 bridgehead atoms. The summed E-state index contributed by atoms with van der Waals surface area (Å²) in [6.07, 6.45) is 5.96. The van der Waals surface area contributed by atoms with Gasteiger partial charge in [-0.1, -0.05) is 66.5 Å². The molecule has 0 aromatic heterocycles. The Kier molecular flexibility index (Phi) is 6.21. The summed E-state index contributed by atoms with van der Waals surface area (Å²) in [6.45, 7) is 5.20. The maximum absolute atomic E-state index is 13.6. The van der Waals surface area contributed by atoms with Gasteiger partial charge < -0.3 is 14.9 Å². The first kappa shape index (κ1) is 25.6. The lowest BCUT2D eigenvalue weighted by atomic mass is 9.46. The minimum Gasteiger partial charge on any atom is -0.446 e. The van der Waals surface area contributed by atoms with Crippen LogP contribution in [-0.4, -0.2) is 50.9 Å². The smallest absolute Gasteiger partial charge is 0.339 e. The second-order valence-corrected chi connectivity index (χ2v) is 12.7. The first-order valence-corrected chi connectivity index (χ1v) is 13.6. The van der Waals surface area contributed by atoms with Crippen LogP contribution in [0.4, 0.5) is 0 Å². The van der Waals surface area contributed by atoms with Crippen LogP contribution < -0.4 is 0 Å². The molecule has 9 atom stereocenters. The van der Waals surface area contributed by atoms with Crippen LogP contribution in [0.25, 0.3) is 0 Å². The summed E-state index contributed by atoms with van der Waals surface area (Å²) in [4.78, 5) is 39.0. The molecule has 1 aromatic rings. The van der Waals surface area contributed by atoms with Crippen LogP contribution >= 0.6 is 15.9 Å². The Morgan fingerprint density at radius 2 is 1.89 bits per heavy atom. The van der Waals surface area contributed by atoms with Gasteiger partial charge >= 0.3 is 5.97 Å². The van der Waals surface area contributed by atoms with Gasteiger partial charge in [-0.3, -0.25) is 9.59 Å². The molecule has 0 aliphatic heterocycles. The number of aliphatic hydroxyl groups is 2. The monoisotopic (exact) mass is 556 g/mol. The van der Waals surface area contributed by atoms with Crippen molar-refractivity contribution in [2.75, 3.05) is 6.61 Å². The lowest BCUT2D eigenvalue weighted by Crippen LogP contribution is -2.65. The Hall–Kier alpha value is -2.09. The van der Waals surface area contributed by atoms with E-state index in [0.29, 0.717) is 18.4 Å². The number of ether oxygens (including phenoxy) is 1. The number of benzene rings is 1. The van der Waals surface area contributed by atoms with E-state index in [1.807, 2.05) is 19.9 Å². The number of carbonyl (C=O) groups is 3. The van der Waals surface area contributed by atoms with Crippen molar-refractivity contribution in [1.29, 1.82) is 0 Å². The third-order valence-corrected chi connectivity index (χ3v) is 10.8. The molecule has 5 rings (SSSR count). The second kappa shape index (κ2) is 8.74. The van der Waals surface area contributed by atoms with Crippen molar-refractivity contribution < 1.29 is 29.3 Å². The third-order valence-electron chi connectivity index (χ3n) is 9.84. The van der Waals surface area contributed by atoms with Gasteiger partial charge in [0.1, 0.15) is 6.61 Å². The lowest BCUT2D eigenvalue weighted by molar-refractivity contribution is -0.184. The molecule has 192 valence electrons. The van der Waals surface area contributed by atoms with Gasteiger partial charge in [0.05, 0.1) is 11.7 Å². The number of fused-ring (bicyclic) bond motifs is 5. The molecule has 4 aliphatic carbocycles. The molecule has 3 saturated carbocycles. The number of hydrogen-bond acceptors (Lipinski definition) is 6. The Bertz CT molecular complexity index is 1160. The molecule has 7 heteroatoms. The van der Waals surface area contributed by atoms with Crippen LogP contribution in [-0.2, 0) is 14.3 Å². The molecule has 2 N–H and O–H groups in total. The topological polar surface area (TPSA) is 101 Å². The number of rotatable bonds is 4. The summed E-state index contributed by atoms with van der Waals surface area (Å²) in [7, 11) is 0. The van der Waals surface area contributed by atoms with E-state index in [4.69, 9.17) is 4.74 Å². The van der Waals surface area contributed by atoms with Crippen LogP contribution in [0.3, 0.4) is 0 Å². The number of Topliss-reactive ketones (excluding diaryl/α,β-unsaturated/α-hetero) is 1. The number of ketones is 2. The van der Waals surface area contributed by atoms with Crippen molar-refractivity contribution in [2.45, 2.75) is 56.6 Å². The quantitative estimate of drug-likeness (QED) is 0.428. The molecule has 0 radical (unpaired) electrons. The fraction of sp³-hybridized carbons (Fsp3) is 0.552. The maximum Gasteiger partial charge on any atom is 0.339 e. The standard InChI is InChI=1S/C29H33BrO6/c1-16-11-20-24-21(30)13-18-12-19(32)9-10-27(18,2)25(24)22(33)14-28(20,3)29(16,23(34)15-31)36-26(35)17-7-5-4-6-8-17/h4-10,12,16,20-22,24-25,31,33H,11,13-15H2,1-3H3/t16?,20-,21?,22?,24+,25-,27-,28-,29-/m0/s1. The highest BCUT2D eigenvalue weighted by molar-refractivity contribution is 9.09. The van der Waals surface area contributed by atoms with E-state index in [2.05, 4.69) is 22.9 Å². The molecule has 3 unspecified atom stereocenters. The summed E-state index contributed by atoms with van der Waals surface area (Å²) in [5, 5.41) is 21.8. The summed E-state index contributed by atoms with van der Waals surface area (Å²) in [6, 6.07) is 8.56. The van der Waals surface area contributed by atoms with E-state index >= 15 is 0 Å². The molecule has 0 amide bonds. The van der Waals surface area contributed by atoms with Crippen molar-refractivity contribution >= 4 is 33.5 Å². The highest BCUT2D eigenvalue weighted by Crippen LogP contribution is 2.70. The molecule has 3 fully saturated rings. The lowest BCUT2D eigenvalue weighted by Gasteiger charge is -2.61. The Morgan fingerprint density at radius 1 is 1.19 bits per heavy atom. The molecular weight excluding hydrogens is 524 g/mol. The van der Waals surface area contributed by atoms with Gasteiger partial charge in [0.25, 0.3) is 0 Å². The zero-order valence-corrected chi connectivity index (χ0v) is 22.4. The van der Waals surface area contributed by atoms with Gasteiger partial charge in [0, 0.05) is 27.5 Å². The second-order valence-electron chi connectivity index (χ2n) is 11.5. The number of allylic oxidation sites excluding steroid dienone is 4. The van der Waals surface area contributed by atoms with Crippen molar-refractivity contribution in [3.05, 3.63) is 59.7 Å². The van der Waals surface area contributed by atoms with Gasteiger partial charge in [0.15, 0.2) is 11.4 Å². The van der Waals surface area contributed by atoms with E-state index < -0.39 is 40.9 Å². The number of carbonyl (C=O) groups excluding carboxylic acids is 3. The van der Waals surface area contributed by atoms with E-state index in [0.717, 1.165) is 5.57 Å². The normalized spacial score (nSPS) is 43.2. The van der Waals surface area contributed by atoms with Crippen molar-refractivity contribution in [3.8, 4) is 0 Å². The molecule has 0 spiro atoms. The SMILES string of the molecule is CC1C[C@H]2[C@@H]3C(Br)CC4=CC(=O)C=C[C@]4(C)[C@H]3C(O)C[C@]2(C)[C@@]1(OC(=O)c1ccccc1)C(=O)CO. The first-order valence-electron chi connectivity index (χ1n) is 12.7. The van der Waals surface area contributed by atoms with Gasteiger partial charge in [-0.25, -0.2) is 4.79 Å². The minimum absolute atomic E-state index is 0.0162. The molecule has 0 heterocycles. The largest absolute Gasteiger partial charge is 0.446 e. The van der Waals surface area contributed by atoms with Gasteiger partial charge in [-0.2, -0.15) is 0 Å². The average molecular weight is 557 g/mol. The third kappa shape index (κ3) is 3.38. The molecule has 6 nitrogen and oxygen atoms in total. The first-order chi connectivity index (χ1) is 17.0. The molecular formula is C29H33BrO6. The number of alkyl halides is 1. The molecule has 36 heavy (non-hydrogen) atoms. The van der Waals surface area contributed by atoms with Crippen LogP contribution in [0.1, 0.15) is 50.4 Å². The predicted octanol–water partition coefficient (Wildman–Crippen LogP) is 4.04. The zero-order valence-electron chi connectivity index (χ0n) is 20.8. The Balaban J connectivity index is 1.60. The number of esters is 1. The van der Waals surface area contributed by atoms with Gasteiger partial charge in [-0.15, -0.1) is 0 Å². The number of aliphatic hydroxyl groups excluding tert-OH is 2. The van der Waals surface area contributed by atoms with Crippen molar-refractivity contribution in [1.82, 2.24) is 0 Å². The highest BCUT2D eigenvalue weighted by atomic mass is 79.9. The fourth-order valence-electron chi connectivity index (χ4n) is 8.33. The van der Waals surface area contributed by atoms with E-state index in [1.165, 1.54) is 0 Å². The van der Waals surface area contributed by atoms with E-state index in [1.54, 1.807) is 42.5 Å². The van der Waals surface area contributed by atoms with Crippen molar-refractivity contribution in [3.63, 3.8) is 0 Å². The maximum atomic E-state index is 13.6. The number of halogens is 1. The number of hydrogen-bond donors (Lipinski definition) is 2. The zero-order chi connectivity index (χ0) is 26.0. The molecule has 4 aliphatic rings. The minimum atomic E-state index is -1.56. The summed E-state index contributed by atoms with van der Waals surface area (Å²) in [5.74, 6) is -1.75. The summed E-state index contributed by atoms with van der Waals surface area (Å²) < 4.78 is 6.19. The van der Waals surface area contributed by atoms with Crippen molar-refractivity contribution in [2.24, 2.45) is 34.5 Å². The van der Waals surface area contributed by atoms with Gasteiger partial charge in [-0.05, 0) is 55.4 Å². The fourth-order valence-corrected chi connectivity index (χ4v) is 9.37. The summed E-state index contributed by atoms with van der Waals surface area (Å²) in [5.41, 5.74) is -1.56. The van der Waals surface area contributed by atoms with Gasteiger partial charge in [0.2, 0.25) is 5.78 Å². The van der Waals surface area contributed by atoms with E-state index in [-0.39, 0.29) is 40.7 Å². The van der Waals surface area contributed by atoms with Crippen LogP contribution in [0, 0.1) is 34.5 Å². The van der Waals surface area contributed by atoms with Crippen LogP contribution in [0.2, 0.25) is 0 Å².